The maximum absolute atomic E-state index is 6.34. The van der Waals surface area contributed by atoms with E-state index in [4.69, 9.17) is 23.2 Å². The molecule has 0 atom stereocenters. The fourth-order valence-electron chi connectivity index (χ4n) is 2.34. The molecule has 3 rings (SSSR count). The average Bonchev–Trinajstić information content (AvgIpc) is 2.94. The van der Waals surface area contributed by atoms with Crippen LogP contribution in [-0.2, 0) is 0 Å². The first-order valence-corrected chi connectivity index (χ1v) is 7.94. The number of aromatic nitrogens is 2. The van der Waals surface area contributed by atoms with E-state index in [2.05, 4.69) is 30.8 Å². The van der Waals surface area contributed by atoms with Crippen LogP contribution >= 0.6 is 39.1 Å². The molecule has 1 saturated heterocycles. The summed E-state index contributed by atoms with van der Waals surface area (Å²) in [6.45, 7) is 1.92. The van der Waals surface area contributed by atoms with Crippen molar-refractivity contribution in [1.82, 2.24) is 9.97 Å². The van der Waals surface area contributed by atoms with Crippen molar-refractivity contribution >= 4 is 45.1 Å². The topological polar surface area (TPSA) is 29.0 Å². The third-order valence-corrected chi connectivity index (χ3v) is 4.58. The quantitative estimate of drug-likeness (QED) is 0.708. The van der Waals surface area contributed by atoms with Gasteiger partial charge in [0, 0.05) is 23.1 Å². The van der Waals surface area contributed by atoms with Gasteiger partial charge < -0.3 is 4.90 Å². The SMILES string of the molecule is Clc1nc(N2CCCC2)nc(Cl)c1-c1ccccc1Br. The molecule has 0 unspecified atom stereocenters. The Bertz CT molecular complexity index is 619. The van der Waals surface area contributed by atoms with Crippen LogP contribution in [0.4, 0.5) is 5.95 Å². The van der Waals surface area contributed by atoms with Crippen molar-refractivity contribution in [3.05, 3.63) is 39.0 Å². The summed E-state index contributed by atoms with van der Waals surface area (Å²) in [5.41, 5.74) is 1.57. The van der Waals surface area contributed by atoms with E-state index in [0.717, 1.165) is 36.0 Å². The molecular formula is C14H12BrCl2N3. The van der Waals surface area contributed by atoms with Gasteiger partial charge in [-0.3, -0.25) is 0 Å². The van der Waals surface area contributed by atoms with Crippen LogP contribution in [0.5, 0.6) is 0 Å². The number of hydrogen-bond acceptors (Lipinski definition) is 3. The van der Waals surface area contributed by atoms with E-state index in [1.165, 1.54) is 0 Å². The molecule has 20 heavy (non-hydrogen) atoms. The predicted octanol–water partition coefficient (Wildman–Crippen LogP) is 4.81. The van der Waals surface area contributed by atoms with Crippen molar-refractivity contribution < 1.29 is 0 Å². The number of rotatable bonds is 2. The molecule has 2 heterocycles. The summed E-state index contributed by atoms with van der Waals surface area (Å²) in [4.78, 5) is 10.9. The van der Waals surface area contributed by atoms with Crippen LogP contribution in [0.2, 0.25) is 10.3 Å². The first kappa shape index (κ1) is 14.1. The highest BCUT2D eigenvalue weighted by molar-refractivity contribution is 9.10. The van der Waals surface area contributed by atoms with Crippen LogP contribution in [-0.4, -0.2) is 23.1 Å². The first-order valence-electron chi connectivity index (χ1n) is 6.39. The van der Waals surface area contributed by atoms with Crippen molar-refractivity contribution in [3.63, 3.8) is 0 Å². The zero-order valence-electron chi connectivity index (χ0n) is 10.6. The molecule has 1 aromatic carbocycles. The highest BCUT2D eigenvalue weighted by Crippen LogP contribution is 2.37. The summed E-state index contributed by atoms with van der Waals surface area (Å²) in [5, 5.41) is 0.776. The zero-order chi connectivity index (χ0) is 14.1. The lowest BCUT2D eigenvalue weighted by molar-refractivity contribution is 0.899. The Morgan fingerprint density at radius 3 is 2.20 bits per heavy atom. The van der Waals surface area contributed by atoms with Gasteiger partial charge in [0.05, 0.1) is 5.56 Å². The van der Waals surface area contributed by atoms with Gasteiger partial charge >= 0.3 is 0 Å². The van der Waals surface area contributed by atoms with Crippen molar-refractivity contribution in [2.24, 2.45) is 0 Å². The van der Waals surface area contributed by atoms with Gasteiger partial charge in [-0.25, -0.2) is 9.97 Å². The number of benzene rings is 1. The Morgan fingerprint density at radius 1 is 1.00 bits per heavy atom. The largest absolute Gasteiger partial charge is 0.341 e. The fraction of sp³-hybridized carbons (Fsp3) is 0.286. The molecule has 1 aliphatic rings. The molecule has 0 saturated carbocycles. The number of hydrogen-bond donors (Lipinski definition) is 0. The third kappa shape index (κ3) is 2.65. The normalized spacial score (nSPS) is 14.8. The molecule has 0 amide bonds. The van der Waals surface area contributed by atoms with E-state index in [-0.39, 0.29) is 0 Å². The predicted molar refractivity (Wildman–Crippen MR) is 86.6 cm³/mol. The second-order valence-corrected chi connectivity index (χ2v) is 6.22. The van der Waals surface area contributed by atoms with Crippen LogP contribution < -0.4 is 4.90 Å². The van der Waals surface area contributed by atoms with Gasteiger partial charge in [-0.1, -0.05) is 57.3 Å². The summed E-state index contributed by atoms with van der Waals surface area (Å²) in [5.74, 6) is 0.619. The molecule has 0 radical (unpaired) electrons. The third-order valence-electron chi connectivity index (χ3n) is 3.34. The Balaban J connectivity index is 2.07. The highest BCUT2D eigenvalue weighted by atomic mass is 79.9. The van der Waals surface area contributed by atoms with Crippen LogP contribution in [0.15, 0.2) is 28.7 Å². The van der Waals surface area contributed by atoms with Crippen molar-refractivity contribution in [2.45, 2.75) is 12.8 Å². The number of halogens is 3. The summed E-state index contributed by atoms with van der Waals surface area (Å²) in [6.07, 6.45) is 2.31. The summed E-state index contributed by atoms with van der Waals surface area (Å²) >= 11 is 16.2. The highest BCUT2D eigenvalue weighted by Gasteiger charge is 2.20. The van der Waals surface area contributed by atoms with Gasteiger partial charge in [0.15, 0.2) is 0 Å². The molecular weight excluding hydrogens is 361 g/mol. The molecule has 0 aliphatic carbocycles. The second kappa shape index (κ2) is 5.88. The molecule has 0 N–H and O–H groups in total. The lowest BCUT2D eigenvalue weighted by Gasteiger charge is -2.17. The minimum Gasteiger partial charge on any atom is -0.341 e. The lowest BCUT2D eigenvalue weighted by atomic mass is 10.1. The van der Waals surface area contributed by atoms with Gasteiger partial charge in [0.25, 0.3) is 0 Å². The van der Waals surface area contributed by atoms with E-state index in [1.807, 2.05) is 24.3 Å². The van der Waals surface area contributed by atoms with E-state index in [9.17, 15) is 0 Å². The van der Waals surface area contributed by atoms with E-state index >= 15 is 0 Å². The van der Waals surface area contributed by atoms with Crippen LogP contribution in [0.25, 0.3) is 11.1 Å². The standard InChI is InChI=1S/C14H12BrCl2N3/c15-10-6-2-1-5-9(10)11-12(16)18-14(19-13(11)17)20-7-3-4-8-20/h1-2,5-6H,3-4,7-8H2. The molecule has 104 valence electrons. The second-order valence-electron chi connectivity index (χ2n) is 4.65. The zero-order valence-corrected chi connectivity index (χ0v) is 13.7. The van der Waals surface area contributed by atoms with Crippen LogP contribution in [0.3, 0.4) is 0 Å². The van der Waals surface area contributed by atoms with Gasteiger partial charge in [-0.2, -0.15) is 0 Å². The fourth-order valence-corrected chi connectivity index (χ4v) is 3.41. The van der Waals surface area contributed by atoms with Crippen molar-refractivity contribution in [1.29, 1.82) is 0 Å². The van der Waals surface area contributed by atoms with Gasteiger partial charge in [-0.05, 0) is 18.9 Å². The van der Waals surface area contributed by atoms with Gasteiger partial charge in [-0.15, -0.1) is 0 Å². The smallest absolute Gasteiger partial charge is 0.228 e. The Morgan fingerprint density at radius 2 is 1.60 bits per heavy atom. The Hall–Kier alpha value is -0.840. The van der Waals surface area contributed by atoms with Gasteiger partial charge in [0.1, 0.15) is 10.3 Å². The Labute approximate surface area is 136 Å². The molecule has 1 aliphatic heterocycles. The molecule has 0 spiro atoms. The summed E-state index contributed by atoms with van der Waals surface area (Å²) < 4.78 is 0.918. The van der Waals surface area contributed by atoms with Crippen molar-refractivity contribution in [2.75, 3.05) is 18.0 Å². The molecule has 2 aromatic rings. The number of anilines is 1. The van der Waals surface area contributed by atoms with Crippen LogP contribution in [0.1, 0.15) is 12.8 Å². The molecule has 1 fully saturated rings. The maximum atomic E-state index is 6.34. The first-order chi connectivity index (χ1) is 9.66. The minimum atomic E-state index is 0.388. The van der Waals surface area contributed by atoms with Gasteiger partial charge in [0.2, 0.25) is 5.95 Å². The molecule has 0 bridgehead atoms. The van der Waals surface area contributed by atoms with E-state index < -0.39 is 0 Å². The molecule has 1 aromatic heterocycles. The van der Waals surface area contributed by atoms with E-state index in [0.29, 0.717) is 21.8 Å². The summed E-state index contributed by atoms with van der Waals surface area (Å²) in [7, 11) is 0. The Kier molecular flexibility index (Phi) is 4.15. The van der Waals surface area contributed by atoms with Crippen molar-refractivity contribution in [3.8, 4) is 11.1 Å². The monoisotopic (exact) mass is 371 g/mol. The molecule has 6 heteroatoms. The minimum absolute atomic E-state index is 0.388. The average molecular weight is 373 g/mol. The summed E-state index contributed by atoms with van der Waals surface area (Å²) in [6, 6.07) is 7.75. The van der Waals surface area contributed by atoms with E-state index in [1.54, 1.807) is 0 Å². The molecule has 3 nitrogen and oxygen atoms in total. The lowest BCUT2D eigenvalue weighted by Crippen LogP contribution is -2.20. The van der Waals surface area contributed by atoms with Crippen LogP contribution in [0, 0.1) is 0 Å². The number of nitrogens with zero attached hydrogens (tertiary/aromatic N) is 3. The maximum Gasteiger partial charge on any atom is 0.228 e.